The van der Waals surface area contributed by atoms with E-state index in [0.29, 0.717) is 0 Å². The highest BCUT2D eigenvalue weighted by atomic mass is 16.5. The summed E-state index contributed by atoms with van der Waals surface area (Å²) in [6.07, 6.45) is 3.95. The van der Waals surface area contributed by atoms with Crippen LogP contribution in [0.5, 0.6) is 5.75 Å². The summed E-state index contributed by atoms with van der Waals surface area (Å²) in [6, 6.07) is 6.63. The third kappa shape index (κ3) is 1.95. The van der Waals surface area contributed by atoms with Gasteiger partial charge < -0.3 is 9.64 Å². The Bertz CT molecular complexity index is 415. The summed E-state index contributed by atoms with van der Waals surface area (Å²) in [6.45, 7) is 2.53. The molecule has 0 spiro atoms. The van der Waals surface area contributed by atoms with E-state index in [2.05, 4.69) is 30.1 Å². The minimum atomic E-state index is 0.769. The minimum Gasteiger partial charge on any atom is -0.497 e. The molecule has 1 fully saturated rings. The maximum Gasteiger partial charge on any atom is 0.119 e. The first-order chi connectivity index (χ1) is 8.28. The molecule has 0 N–H and O–H groups in total. The van der Waals surface area contributed by atoms with Gasteiger partial charge in [0.15, 0.2) is 0 Å². The zero-order valence-corrected chi connectivity index (χ0v) is 10.8. The molecule has 1 saturated heterocycles. The lowest BCUT2D eigenvalue weighted by molar-refractivity contribution is 0.368. The maximum absolute atomic E-state index is 5.36. The summed E-state index contributed by atoms with van der Waals surface area (Å²) in [4.78, 5) is 2.46. The second-order valence-electron chi connectivity index (χ2n) is 5.52. The van der Waals surface area contributed by atoms with Gasteiger partial charge in [-0.15, -0.1) is 0 Å². The number of hydrogen-bond acceptors (Lipinski definition) is 2. The number of methoxy groups -OCH3 is 1. The van der Waals surface area contributed by atoms with Gasteiger partial charge in [-0.05, 0) is 68.0 Å². The number of aryl methyl sites for hydroxylation is 1. The van der Waals surface area contributed by atoms with Crippen molar-refractivity contribution in [1.82, 2.24) is 4.90 Å². The van der Waals surface area contributed by atoms with E-state index in [4.69, 9.17) is 4.74 Å². The van der Waals surface area contributed by atoms with Crippen LogP contribution in [0.3, 0.4) is 0 Å². The van der Waals surface area contributed by atoms with Gasteiger partial charge in [0.05, 0.1) is 7.11 Å². The monoisotopic (exact) mass is 231 g/mol. The number of nitrogens with zero attached hydrogens (tertiary/aromatic N) is 1. The molecule has 17 heavy (non-hydrogen) atoms. The average molecular weight is 231 g/mol. The van der Waals surface area contributed by atoms with Gasteiger partial charge in [-0.2, -0.15) is 0 Å². The maximum atomic E-state index is 5.36. The van der Waals surface area contributed by atoms with E-state index < -0.39 is 0 Å². The van der Waals surface area contributed by atoms with E-state index in [-0.39, 0.29) is 0 Å². The van der Waals surface area contributed by atoms with Crippen LogP contribution in [0.2, 0.25) is 0 Å². The van der Waals surface area contributed by atoms with E-state index in [0.717, 1.165) is 17.6 Å². The topological polar surface area (TPSA) is 12.5 Å². The van der Waals surface area contributed by atoms with Gasteiger partial charge in [-0.1, -0.05) is 6.07 Å². The van der Waals surface area contributed by atoms with Gasteiger partial charge in [0, 0.05) is 6.54 Å². The van der Waals surface area contributed by atoms with E-state index in [1.807, 2.05) is 0 Å². The fourth-order valence-electron chi connectivity index (χ4n) is 3.53. The van der Waals surface area contributed by atoms with Crippen LogP contribution in [0, 0.1) is 5.92 Å². The number of ether oxygens (including phenoxy) is 1. The van der Waals surface area contributed by atoms with Crippen molar-refractivity contribution in [3.8, 4) is 5.75 Å². The van der Waals surface area contributed by atoms with Crippen molar-refractivity contribution in [2.24, 2.45) is 5.92 Å². The fraction of sp³-hybridized carbons (Fsp3) is 0.600. The second kappa shape index (κ2) is 4.34. The Hall–Kier alpha value is -1.02. The largest absolute Gasteiger partial charge is 0.497 e. The molecule has 2 atom stereocenters. The Morgan fingerprint density at radius 1 is 1.29 bits per heavy atom. The molecule has 1 aromatic carbocycles. The molecular formula is C15H21NO. The van der Waals surface area contributed by atoms with Gasteiger partial charge in [0.2, 0.25) is 0 Å². The summed E-state index contributed by atoms with van der Waals surface area (Å²) >= 11 is 0. The zero-order chi connectivity index (χ0) is 11.8. The molecular weight excluding hydrogens is 210 g/mol. The van der Waals surface area contributed by atoms with E-state index in [1.54, 1.807) is 18.2 Å². The molecule has 1 aliphatic heterocycles. The first-order valence-electron chi connectivity index (χ1n) is 6.63. The average Bonchev–Trinajstić information content (AvgIpc) is 2.93. The lowest BCUT2D eigenvalue weighted by Gasteiger charge is -2.20. The van der Waals surface area contributed by atoms with E-state index in [9.17, 15) is 0 Å². The third-order valence-electron chi connectivity index (χ3n) is 4.47. The van der Waals surface area contributed by atoms with Crippen LogP contribution in [0.4, 0.5) is 0 Å². The number of rotatable bonds is 2. The Balaban J connectivity index is 1.87. The van der Waals surface area contributed by atoms with Crippen molar-refractivity contribution in [2.45, 2.75) is 25.2 Å². The fourth-order valence-corrected chi connectivity index (χ4v) is 3.53. The van der Waals surface area contributed by atoms with Crippen molar-refractivity contribution in [1.29, 1.82) is 0 Å². The molecule has 1 aromatic rings. The molecule has 2 heteroatoms. The van der Waals surface area contributed by atoms with Crippen molar-refractivity contribution in [3.05, 3.63) is 29.3 Å². The zero-order valence-electron chi connectivity index (χ0n) is 10.8. The van der Waals surface area contributed by atoms with Crippen LogP contribution < -0.4 is 4.74 Å². The summed E-state index contributed by atoms with van der Waals surface area (Å²) < 4.78 is 5.36. The van der Waals surface area contributed by atoms with Gasteiger partial charge in [-0.3, -0.25) is 0 Å². The van der Waals surface area contributed by atoms with Crippen LogP contribution in [0.25, 0.3) is 0 Å². The highest BCUT2D eigenvalue weighted by Gasteiger charge is 2.33. The molecule has 0 amide bonds. The van der Waals surface area contributed by atoms with Gasteiger partial charge >= 0.3 is 0 Å². The van der Waals surface area contributed by atoms with Crippen LogP contribution in [0.1, 0.15) is 29.9 Å². The van der Waals surface area contributed by atoms with Gasteiger partial charge in [0.1, 0.15) is 5.75 Å². The second-order valence-corrected chi connectivity index (χ2v) is 5.52. The lowest BCUT2D eigenvalue weighted by Crippen LogP contribution is -2.17. The minimum absolute atomic E-state index is 0.769. The number of hydrogen-bond donors (Lipinski definition) is 0. The van der Waals surface area contributed by atoms with Crippen LogP contribution >= 0.6 is 0 Å². The Morgan fingerprint density at radius 3 is 2.88 bits per heavy atom. The van der Waals surface area contributed by atoms with Crippen LogP contribution in [-0.4, -0.2) is 32.1 Å². The molecule has 1 aliphatic carbocycles. The van der Waals surface area contributed by atoms with Crippen molar-refractivity contribution in [3.63, 3.8) is 0 Å². The molecule has 0 bridgehead atoms. The summed E-state index contributed by atoms with van der Waals surface area (Å²) in [5, 5.41) is 0. The van der Waals surface area contributed by atoms with Crippen molar-refractivity contribution >= 4 is 0 Å². The van der Waals surface area contributed by atoms with E-state index in [1.165, 1.54) is 32.4 Å². The van der Waals surface area contributed by atoms with Crippen molar-refractivity contribution < 1.29 is 4.74 Å². The first-order valence-corrected chi connectivity index (χ1v) is 6.63. The molecule has 2 unspecified atom stereocenters. The Morgan fingerprint density at radius 2 is 2.18 bits per heavy atom. The molecule has 0 saturated carbocycles. The molecule has 0 radical (unpaired) electrons. The summed E-state index contributed by atoms with van der Waals surface area (Å²) in [5.74, 6) is 2.64. The Kier molecular flexibility index (Phi) is 2.83. The summed E-state index contributed by atoms with van der Waals surface area (Å²) in [5.41, 5.74) is 3.11. The van der Waals surface area contributed by atoms with Gasteiger partial charge in [-0.25, -0.2) is 0 Å². The number of likely N-dealkylation sites (tertiary alicyclic amines) is 1. The Labute approximate surface area is 104 Å². The smallest absolute Gasteiger partial charge is 0.119 e. The van der Waals surface area contributed by atoms with E-state index >= 15 is 0 Å². The quantitative estimate of drug-likeness (QED) is 0.776. The summed E-state index contributed by atoms with van der Waals surface area (Å²) in [7, 11) is 4.00. The highest BCUT2D eigenvalue weighted by molar-refractivity contribution is 5.41. The van der Waals surface area contributed by atoms with Crippen LogP contribution in [0.15, 0.2) is 18.2 Å². The lowest BCUT2D eigenvalue weighted by atomic mass is 9.86. The standard InChI is InChI=1S/C15H21NO/c1-16-8-7-12(10-16)14-6-4-11-3-5-13(17-2)9-15(11)14/h3,5,9,12,14H,4,6-8,10H2,1-2H3. The molecule has 92 valence electrons. The predicted octanol–water partition coefficient (Wildman–Crippen LogP) is 2.68. The SMILES string of the molecule is COc1ccc2c(c1)C(C1CCN(C)C1)CC2. The number of fused-ring (bicyclic) bond motifs is 1. The highest BCUT2D eigenvalue weighted by Crippen LogP contribution is 2.42. The number of benzene rings is 1. The molecule has 2 nitrogen and oxygen atoms in total. The predicted molar refractivity (Wildman–Crippen MR) is 69.7 cm³/mol. The normalized spacial score (nSPS) is 28.4. The van der Waals surface area contributed by atoms with Gasteiger partial charge in [0.25, 0.3) is 0 Å². The molecule has 1 heterocycles. The molecule has 3 rings (SSSR count). The molecule has 0 aromatic heterocycles. The van der Waals surface area contributed by atoms with Crippen LogP contribution in [-0.2, 0) is 6.42 Å². The first kappa shape index (κ1) is 11.1. The third-order valence-corrected chi connectivity index (χ3v) is 4.47. The van der Waals surface area contributed by atoms with Crippen molar-refractivity contribution in [2.75, 3.05) is 27.2 Å². The molecule has 2 aliphatic rings.